The number of hydrogen-bond donors (Lipinski definition) is 1. The van der Waals surface area contributed by atoms with E-state index in [2.05, 4.69) is 18.5 Å². The molecule has 1 rings (SSSR count). The first-order valence-corrected chi connectivity index (χ1v) is 7.26. The van der Waals surface area contributed by atoms with Crippen molar-refractivity contribution in [1.82, 2.24) is 9.80 Å². The summed E-state index contributed by atoms with van der Waals surface area (Å²) in [4.78, 5) is 14.5. The molecule has 1 aliphatic rings. The van der Waals surface area contributed by atoms with Crippen LogP contribution < -0.4 is 0 Å². The molecule has 0 aromatic carbocycles. The number of carboxylic acid groups (broad SMARTS) is 1. The molecular formula is C15H28N2O2. The Morgan fingerprint density at radius 1 is 1.26 bits per heavy atom. The smallest absolute Gasteiger partial charge is 0.407 e. The molecule has 0 atom stereocenters. The molecule has 0 saturated heterocycles. The van der Waals surface area contributed by atoms with E-state index in [1.54, 1.807) is 7.05 Å². The zero-order valence-corrected chi connectivity index (χ0v) is 12.3. The first-order chi connectivity index (χ1) is 9.02. The van der Waals surface area contributed by atoms with Crippen molar-refractivity contribution in [3.8, 4) is 0 Å². The van der Waals surface area contributed by atoms with Crippen LogP contribution in [0.5, 0.6) is 0 Å². The molecule has 1 saturated carbocycles. The van der Waals surface area contributed by atoms with Crippen LogP contribution >= 0.6 is 0 Å². The second-order valence-corrected chi connectivity index (χ2v) is 5.89. The molecule has 0 unspecified atom stereocenters. The van der Waals surface area contributed by atoms with E-state index in [9.17, 15) is 4.79 Å². The maximum absolute atomic E-state index is 10.8. The number of rotatable bonds is 7. The summed E-state index contributed by atoms with van der Waals surface area (Å²) in [5.74, 6) is 1.38. The van der Waals surface area contributed by atoms with Crippen LogP contribution in [0.15, 0.2) is 12.7 Å². The average molecular weight is 268 g/mol. The number of amides is 1. The Kier molecular flexibility index (Phi) is 6.92. The zero-order valence-electron chi connectivity index (χ0n) is 12.3. The first kappa shape index (κ1) is 16.0. The average Bonchev–Trinajstić information content (AvgIpc) is 2.38. The zero-order chi connectivity index (χ0) is 14.3. The lowest BCUT2D eigenvalue weighted by atomic mass is 9.80. The van der Waals surface area contributed by atoms with Gasteiger partial charge in [0.2, 0.25) is 0 Å². The summed E-state index contributed by atoms with van der Waals surface area (Å²) in [6, 6.07) is 0. The summed E-state index contributed by atoms with van der Waals surface area (Å²) in [7, 11) is 3.80. The van der Waals surface area contributed by atoms with Crippen molar-refractivity contribution in [1.29, 1.82) is 0 Å². The molecule has 0 heterocycles. The summed E-state index contributed by atoms with van der Waals surface area (Å²) in [5, 5.41) is 8.87. The summed E-state index contributed by atoms with van der Waals surface area (Å²) < 4.78 is 0. The SMILES string of the molecule is C=CCN(C)CCC1CCC(CN(C)C(=O)O)CC1. The highest BCUT2D eigenvalue weighted by molar-refractivity contribution is 5.64. The monoisotopic (exact) mass is 268 g/mol. The van der Waals surface area contributed by atoms with Crippen LogP contribution in [0.1, 0.15) is 32.1 Å². The Labute approximate surface area is 117 Å². The van der Waals surface area contributed by atoms with Gasteiger partial charge in [0, 0.05) is 20.1 Å². The standard InChI is InChI=1S/C15H28N2O2/c1-4-10-16(2)11-9-13-5-7-14(8-6-13)12-17(3)15(18)19/h4,13-14H,1,5-12H2,2-3H3,(H,18,19). The van der Waals surface area contributed by atoms with Gasteiger partial charge in [-0.1, -0.05) is 18.9 Å². The Balaban J connectivity index is 2.18. The highest BCUT2D eigenvalue weighted by Gasteiger charge is 2.23. The summed E-state index contributed by atoms with van der Waals surface area (Å²) in [5.41, 5.74) is 0. The Morgan fingerprint density at radius 3 is 2.37 bits per heavy atom. The van der Waals surface area contributed by atoms with Gasteiger partial charge in [0.1, 0.15) is 0 Å². The van der Waals surface area contributed by atoms with Crippen molar-refractivity contribution < 1.29 is 9.90 Å². The molecular weight excluding hydrogens is 240 g/mol. The highest BCUT2D eigenvalue weighted by atomic mass is 16.4. The van der Waals surface area contributed by atoms with E-state index in [0.717, 1.165) is 19.0 Å². The third-order valence-electron chi connectivity index (χ3n) is 4.18. The maximum Gasteiger partial charge on any atom is 0.407 e. The number of hydrogen-bond acceptors (Lipinski definition) is 2. The van der Waals surface area contributed by atoms with Crippen LogP contribution in [0, 0.1) is 11.8 Å². The van der Waals surface area contributed by atoms with Gasteiger partial charge in [-0.25, -0.2) is 4.79 Å². The Morgan fingerprint density at radius 2 is 1.84 bits per heavy atom. The third-order valence-corrected chi connectivity index (χ3v) is 4.18. The Hall–Kier alpha value is -1.03. The Bertz CT molecular complexity index is 286. The van der Waals surface area contributed by atoms with Crippen LogP contribution in [-0.2, 0) is 0 Å². The van der Waals surface area contributed by atoms with E-state index in [4.69, 9.17) is 5.11 Å². The second kappa shape index (κ2) is 8.20. The highest BCUT2D eigenvalue weighted by Crippen LogP contribution is 2.31. The predicted molar refractivity (Wildman–Crippen MR) is 78.4 cm³/mol. The lowest BCUT2D eigenvalue weighted by molar-refractivity contribution is 0.138. The van der Waals surface area contributed by atoms with Crippen molar-refractivity contribution in [2.75, 3.05) is 33.7 Å². The van der Waals surface area contributed by atoms with Crippen molar-refractivity contribution in [3.05, 3.63) is 12.7 Å². The molecule has 0 aromatic rings. The van der Waals surface area contributed by atoms with Gasteiger partial charge in [0.05, 0.1) is 0 Å². The minimum atomic E-state index is -0.812. The van der Waals surface area contributed by atoms with E-state index in [-0.39, 0.29) is 0 Å². The van der Waals surface area contributed by atoms with Crippen LogP contribution in [-0.4, -0.2) is 54.7 Å². The summed E-state index contributed by atoms with van der Waals surface area (Å²) in [6.07, 6.45) is 7.24. The number of likely N-dealkylation sites (N-methyl/N-ethyl adjacent to an activating group) is 1. The van der Waals surface area contributed by atoms with Gasteiger partial charge < -0.3 is 14.9 Å². The molecule has 4 heteroatoms. The lowest BCUT2D eigenvalue weighted by Gasteiger charge is -2.31. The van der Waals surface area contributed by atoms with E-state index in [0.29, 0.717) is 12.5 Å². The van der Waals surface area contributed by atoms with E-state index in [1.807, 2.05) is 6.08 Å². The molecule has 0 aliphatic heterocycles. The molecule has 0 radical (unpaired) electrons. The van der Waals surface area contributed by atoms with Crippen molar-refractivity contribution in [2.24, 2.45) is 11.8 Å². The van der Waals surface area contributed by atoms with Crippen LogP contribution in [0.4, 0.5) is 4.79 Å². The largest absolute Gasteiger partial charge is 0.465 e. The molecule has 1 aliphatic carbocycles. The fourth-order valence-electron chi connectivity index (χ4n) is 2.88. The fourth-order valence-corrected chi connectivity index (χ4v) is 2.88. The van der Waals surface area contributed by atoms with Gasteiger partial charge >= 0.3 is 6.09 Å². The normalized spacial score (nSPS) is 23.3. The molecule has 4 nitrogen and oxygen atoms in total. The van der Waals surface area contributed by atoms with Gasteiger partial charge in [0.25, 0.3) is 0 Å². The minimum absolute atomic E-state index is 0.559. The van der Waals surface area contributed by atoms with Crippen molar-refractivity contribution in [2.45, 2.75) is 32.1 Å². The number of nitrogens with zero attached hydrogens (tertiary/aromatic N) is 2. The van der Waals surface area contributed by atoms with E-state index in [1.165, 1.54) is 37.0 Å². The van der Waals surface area contributed by atoms with Crippen LogP contribution in [0.25, 0.3) is 0 Å². The molecule has 1 amide bonds. The van der Waals surface area contributed by atoms with Gasteiger partial charge in [-0.15, -0.1) is 6.58 Å². The summed E-state index contributed by atoms with van der Waals surface area (Å²) >= 11 is 0. The molecule has 0 bridgehead atoms. The van der Waals surface area contributed by atoms with Crippen molar-refractivity contribution in [3.63, 3.8) is 0 Å². The predicted octanol–water partition coefficient (Wildman–Crippen LogP) is 2.91. The van der Waals surface area contributed by atoms with Gasteiger partial charge in [-0.3, -0.25) is 0 Å². The molecule has 19 heavy (non-hydrogen) atoms. The van der Waals surface area contributed by atoms with Gasteiger partial charge in [0.15, 0.2) is 0 Å². The molecule has 0 spiro atoms. The fraction of sp³-hybridized carbons (Fsp3) is 0.800. The van der Waals surface area contributed by atoms with Gasteiger partial charge in [-0.05, 0) is 44.7 Å². The molecule has 1 N–H and O–H groups in total. The molecule has 0 aromatic heterocycles. The lowest BCUT2D eigenvalue weighted by Crippen LogP contribution is -2.32. The van der Waals surface area contributed by atoms with Crippen LogP contribution in [0.3, 0.4) is 0 Å². The molecule has 1 fully saturated rings. The van der Waals surface area contributed by atoms with Crippen LogP contribution in [0.2, 0.25) is 0 Å². The van der Waals surface area contributed by atoms with Gasteiger partial charge in [-0.2, -0.15) is 0 Å². The number of carbonyl (C=O) groups is 1. The van der Waals surface area contributed by atoms with E-state index < -0.39 is 6.09 Å². The maximum atomic E-state index is 10.8. The quantitative estimate of drug-likeness (QED) is 0.722. The van der Waals surface area contributed by atoms with E-state index >= 15 is 0 Å². The second-order valence-electron chi connectivity index (χ2n) is 5.89. The minimum Gasteiger partial charge on any atom is -0.465 e. The topological polar surface area (TPSA) is 43.8 Å². The van der Waals surface area contributed by atoms with Crippen molar-refractivity contribution >= 4 is 6.09 Å². The third kappa shape index (κ3) is 6.10. The summed E-state index contributed by atoms with van der Waals surface area (Å²) in [6.45, 7) is 6.54. The first-order valence-electron chi connectivity index (χ1n) is 7.26. The molecule has 110 valence electrons.